The molecule has 34 heavy (non-hydrogen) atoms. The molecule has 3 aromatic heterocycles. The number of ether oxygens (including phenoxy) is 1. The summed E-state index contributed by atoms with van der Waals surface area (Å²) in [6.45, 7) is 4.13. The highest BCUT2D eigenvalue weighted by molar-refractivity contribution is 6.31. The first kappa shape index (κ1) is 22.2. The monoisotopic (exact) mass is 481 g/mol. The Morgan fingerprint density at radius 1 is 1.29 bits per heavy atom. The second-order valence-corrected chi connectivity index (χ2v) is 8.55. The zero-order valence-electron chi connectivity index (χ0n) is 18.5. The van der Waals surface area contributed by atoms with Gasteiger partial charge in [-0.05, 0) is 32.0 Å². The number of aliphatic hydroxyl groups is 1. The second-order valence-electron chi connectivity index (χ2n) is 8.17. The zero-order valence-corrected chi connectivity index (χ0v) is 19.3. The van der Waals surface area contributed by atoms with Crippen LogP contribution in [0.4, 0.5) is 4.39 Å². The van der Waals surface area contributed by atoms with E-state index in [-0.39, 0.29) is 30.4 Å². The summed E-state index contributed by atoms with van der Waals surface area (Å²) < 4.78 is 21.4. The molecular formula is C24H21ClFN5O3. The summed E-state index contributed by atoms with van der Waals surface area (Å²) in [6, 6.07) is 7.15. The lowest BCUT2D eigenvalue weighted by Gasteiger charge is -2.19. The second kappa shape index (κ2) is 8.66. The van der Waals surface area contributed by atoms with Gasteiger partial charge in [0.05, 0.1) is 40.8 Å². The molecule has 0 saturated carbocycles. The molecule has 0 aliphatic carbocycles. The summed E-state index contributed by atoms with van der Waals surface area (Å²) in [7, 11) is 0. The van der Waals surface area contributed by atoms with E-state index in [2.05, 4.69) is 15.1 Å². The van der Waals surface area contributed by atoms with Crippen molar-refractivity contribution < 1.29 is 19.0 Å². The third-order valence-corrected chi connectivity index (χ3v) is 6.43. The number of aromatic nitrogens is 4. The first-order valence-corrected chi connectivity index (χ1v) is 11.0. The Kier molecular flexibility index (Phi) is 5.66. The standard InChI is InChI=1S/C24H21ClFN5O3/c1-13-22(25)14(2)31-23(28-13)18-10-30(11-19(18)29-31)24(33)17-6-5-16(26)8-21(17)34-12-20(32)15-4-3-7-27-9-15/h3-9,20,32H,10-12H2,1-2H3. The minimum atomic E-state index is -0.978. The van der Waals surface area contributed by atoms with E-state index in [0.717, 1.165) is 23.0 Å². The third-order valence-electron chi connectivity index (χ3n) is 5.88. The number of aliphatic hydroxyl groups excluding tert-OH is 1. The van der Waals surface area contributed by atoms with Crippen LogP contribution >= 0.6 is 11.6 Å². The van der Waals surface area contributed by atoms with Gasteiger partial charge in [0.2, 0.25) is 0 Å². The third kappa shape index (κ3) is 3.86. The summed E-state index contributed by atoms with van der Waals surface area (Å²) in [6.07, 6.45) is 2.14. The molecule has 1 unspecified atom stereocenters. The van der Waals surface area contributed by atoms with E-state index in [1.54, 1.807) is 27.7 Å². The van der Waals surface area contributed by atoms with Crippen molar-refractivity contribution in [1.82, 2.24) is 24.5 Å². The molecule has 0 radical (unpaired) electrons. The van der Waals surface area contributed by atoms with Crippen molar-refractivity contribution in [2.45, 2.75) is 33.0 Å². The van der Waals surface area contributed by atoms with Gasteiger partial charge in [0.15, 0.2) is 5.65 Å². The number of hydrogen-bond acceptors (Lipinski definition) is 6. The van der Waals surface area contributed by atoms with Gasteiger partial charge in [0.25, 0.3) is 5.91 Å². The molecule has 1 amide bonds. The van der Waals surface area contributed by atoms with Crippen LogP contribution in [-0.2, 0) is 13.1 Å². The first-order chi connectivity index (χ1) is 16.3. The van der Waals surface area contributed by atoms with Gasteiger partial charge in [-0.3, -0.25) is 9.78 Å². The molecule has 174 valence electrons. The fraction of sp³-hybridized carbons (Fsp3) is 0.250. The molecule has 0 saturated heterocycles. The van der Waals surface area contributed by atoms with E-state index in [4.69, 9.17) is 16.3 Å². The maximum atomic E-state index is 14.0. The molecule has 1 aromatic carbocycles. The molecule has 5 rings (SSSR count). The molecule has 1 aliphatic rings. The molecule has 4 heterocycles. The molecular weight excluding hydrogens is 461 g/mol. The number of fused-ring (bicyclic) bond motifs is 3. The number of benzene rings is 1. The van der Waals surface area contributed by atoms with Crippen LogP contribution in [-0.4, -0.2) is 42.1 Å². The number of carbonyl (C=O) groups is 1. The lowest BCUT2D eigenvalue weighted by atomic mass is 10.1. The van der Waals surface area contributed by atoms with Crippen LogP contribution in [0, 0.1) is 19.7 Å². The Balaban J connectivity index is 1.38. The van der Waals surface area contributed by atoms with Crippen LogP contribution < -0.4 is 4.74 Å². The maximum absolute atomic E-state index is 14.0. The van der Waals surface area contributed by atoms with Crippen molar-refractivity contribution in [1.29, 1.82) is 0 Å². The number of pyridine rings is 1. The van der Waals surface area contributed by atoms with Crippen molar-refractivity contribution in [3.05, 3.63) is 87.3 Å². The van der Waals surface area contributed by atoms with Crippen molar-refractivity contribution in [3.8, 4) is 5.75 Å². The number of rotatable bonds is 5. The van der Waals surface area contributed by atoms with Gasteiger partial charge in [-0.15, -0.1) is 0 Å². The predicted molar refractivity (Wildman–Crippen MR) is 122 cm³/mol. The SMILES string of the molecule is Cc1nc2c3c(nn2c(C)c1Cl)CN(C(=O)c1ccc(F)cc1OCC(O)c1cccnc1)C3. The number of aryl methyl sites for hydroxylation is 2. The summed E-state index contributed by atoms with van der Waals surface area (Å²) in [5.74, 6) is -0.815. The maximum Gasteiger partial charge on any atom is 0.258 e. The summed E-state index contributed by atoms with van der Waals surface area (Å²) in [5.41, 5.74) is 4.50. The number of hydrogen-bond donors (Lipinski definition) is 1. The van der Waals surface area contributed by atoms with Gasteiger partial charge in [0, 0.05) is 29.6 Å². The van der Waals surface area contributed by atoms with Crippen LogP contribution in [0.15, 0.2) is 42.7 Å². The van der Waals surface area contributed by atoms with E-state index in [1.807, 2.05) is 13.8 Å². The molecule has 1 atom stereocenters. The molecule has 0 spiro atoms. The highest BCUT2D eigenvalue weighted by Gasteiger charge is 2.31. The predicted octanol–water partition coefficient (Wildman–Crippen LogP) is 3.80. The lowest BCUT2D eigenvalue weighted by molar-refractivity contribution is 0.0735. The Morgan fingerprint density at radius 3 is 2.88 bits per heavy atom. The topological polar surface area (TPSA) is 92.9 Å². The normalized spacial score (nSPS) is 13.9. The summed E-state index contributed by atoms with van der Waals surface area (Å²) >= 11 is 6.31. The molecule has 8 nitrogen and oxygen atoms in total. The molecule has 0 bridgehead atoms. The van der Waals surface area contributed by atoms with E-state index in [1.165, 1.54) is 18.3 Å². The molecule has 4 aromatic rings. The first-order valence-electron chi connectivity index (χ1n) is 10.7. The van der Waals surface area contributed by atoms with Gasteiger partial charge >= 0.3 is 0 Å². The van der Waals surface area contributed by atoms with Crippen LogP contribution in [0.1, 0.15) is 44.7 Å². The summed E-state index contributed by atoms with van der Waals surface area (Å²) in [5, 5.41) is 15.5. The van der Waals surface area contributed by atoms with Crippen molar-refractivity contribution >= 4 is 23.2 Å². The highest BCUT2D eigenvalue weighted by Crippen LogP contribution is 2.31. The fourth-order valence-electron chi connectivity index (χ4n) is 4.06. The average Bonchev–Trinajstić information content (AvgIpc) is 3.40. The van der Waals surface area contributed by atoms with Crippen LogP contribution in [0.2, 0.25) is 5.02 Å². The van der Waals surface area contributed by atoms with Gasteiger partial charge in [-0.1, -0.05) is 17.7 Å². The van der Waals surface area contributed by atoms with Gasteiger partial charge in [-0.25, -0.2) is 13.9 Å². The Labute approximate surface area is 199 Å². The molecule has 1 N–H and O–H groups in total. The van der Waals surface area contributed by atoms with Gasteiger partial charge < -0.3 is 14.7 Å². The zero-order chi connectivity index (χ0) is 24.0. The smallest absolute Gasteiger partial charge is 0.258 e. The number of carbonyl (C=O) groups excluding carboxylic acids is 1. The van der Waals surface area contributed by atoms with Gasteiger partial charge in [-0.2, -0.15) is 5.10 Å². The highest BCUT2D eigenvalue weighted by atomic mass is 35.5. The number of halogens is 2. The minimum Gasteiger partial charge on any atom is -0.490 e. The Hall–Kier alpha value is -3.56. The lowest BCUT2D eigenvalue weighted by Crippen LogP contribution is -2.27. The average molecular weight is 482 g/mol. The van der Waals surface area contributed by atoms with Crippen LogP contribution in [0.3, 0.4) is 0 Å². The van der Waals surface area contributed by atoms with E-state index in [0.29, 0.717) is 28.5 Å². The number of amides is 1. The van der Waals surface area contributed by atoms with Crippen LogP contribution in [0.25, 0.3) is 5.65 Å². The molecule has 10 heteroatoms. The van der Waals surface area contributed by atoms with Crippen LogP contribution in [0.5, 0.6) is 5.75 Å². The fourth-order valence-corrected chi connectivity index (χ4v) is 4.18. The Morgan fingerprint density at radius 2 is 2.12 bits per heavy atom. The van der Waals surface area contributed by atoms with Crippen molar-refractivity contribution in [3.63, 3.8) is 0 Å². The largest absolute Gasteiger partial charge is 0.490 e. The quantitative estimate of drug-likeness (QED) is 0.466. The van der Waals surface area contributed by atoms with E-state index < -0.39 is 11.9 Å². The minimum absolute atomic E-state index is 0.0586. The van der Waals surface area contributed by atoms with Crippen molar-refractivity contribution in [2.75, 3.05) is 6.61 Å². The van der Waals surface area contributed by atoms with E-state index >= 15 is 0 Å². The molecule has 1 aliphatic heterocycles. The van der Waals surface area contributed by atoms with Crippen molar-refractivity contribution in [2.24, 2.45) is 0 Å². The molecule has 0 fully saturated rings. The van der Waals surface area contributed by atoms with Gasteiger partial charge in [0.1, 0.15) is 24.3 Å². The van der Waals surface area contributed by atoms with E-state index in [9.17, 15) is 14.3 Å². The number of nitrogens with zero attached hydrogens (tertiary/aromatic N) is 5. The summed E-state index contributed by atoms with van der Waals surface area (Å²) in [4.78, 5) is 23.5. The Bertz CT molecular complexity index is 1410.